The van der Waals surface area contributed by atoms with Gasteiger partial charge in [0.2, 0.25) is 0 Å². The van der Waals surface area contributed by atoms with E-state index in [1.54, 1.807) is 0 Å². The number of rotatable bonds is 15. The molecule has 0 heterocycles. The number of hydrogen-bond donors (Lipinski definition) is 1. The number of carbonyl (C=O) groups is 1. The molecule has 0 unspecified atom stereocenters. The minimum atomic E-state index is -0.782. The minimum Gasteiger partial charge on any atom is -0.481 e. The Bertz CT molecular complexity index is 196. The fraction of sp³-hybridized carbons (Fsp3) is 0.929. The van der Waals surface area contributed by atoms with Gasteiger partial charge in [-0.15, -0.1) is 0 Å². The molecule has 5 nitrogen and oxygen atoms in total. The molecule has 0 aliphatic rings. The van der Waals surface area contributed by atoms with Crippen LogP contribution < -0.4 is 0 Å². The maximum Gasteiger partial charge on any atom is 0.303 e. The van der Waals surface area contributed by atoms with Crippen LogP contribution in [0.15, 0.2) is 0 Å². The topological polar surface area (TPSA) is 65.0 Å². The van der Waals surface area contributed by atoms with Gasteiger partial charge in [0.15, 0.2) is 0 Å². The van der Waals surface area contributed by atoms with Crippen molar-refractivity contribution in [2.24, 2.45) is 0 Å². The van der Waals surface area contributed by atoms with Crippen LogP contribution in [0.5, 0.6) is 0 Å². The molecule has 0 saturated heterocycles. The second-order valence-electron chi connectivity index (χ2n) is 4.40. The quantitative estimate of drug-likeness (QED) is 0.465. The molecule has 0 radical (unpaired) electrons. The lowest BCUT2D eigenvalue weighted by Crippen LogP contribution is -2.10. The number of unbranched alkanes of at least 4 members (excludes halogenated alkanes) is 3. The Balaban J connectivity index is 2.93. The largest absolute Gasteiger partial charge is 0.481 e. The van der Waals surface area contributed by atoms with E-state index in [-0.39, 0.29) is 6.42 Å². The number of ether oxygens (including phenoxy) is 3. The van der Waals surface area contributed by atoms with Crippen LogP contribution in [-0.4, -0.2) is 50.7 Å². The summed E-state index contributed by atoms with van der Waals surface area (Å²) in [5, 5.41) is 8.41. The average Bonchev–Trinajstić information content (AvgIpc) is 2.39. The van der Waals surface area contributed by atoms with Crippen LogP contribution in [0.4, 0.5) is 0 Å². The molecule has 0 amide bonds. The Morgan fingerprint density at radius 1 is 0.789 bits per heavy atom. The highest BCUT2D eigenvalue weighted by Gasteiger charge is 1.96. The maximum absolute atomic E-state index is 10.2. The van der Waals surface area contributed by atoms with Crippen molar-refractivity contribution in [3.05, 3.63) is 0 Å². The van der Waals surface area contributed by atoms with E-state index < -0.39 is 5.97 Å². The number of hydrogen-bond acceptors (Lipinski definition) is 4. The van der Waals surface area contributed by atoms with Crippen molar-refractivity contribution in [2.75, 3.05) is 39.6 Å². The number of carboxylic acid groups (broad SMARTS) is 1. The summed E-state index contributed by atoms with van der Waals surface area (Å²) >= 11 is 0. The van der Waals surface area contributed by atoms with E-state index in [1.165, 1.54) is 19.3 Å². The Kier molecular flexibility index (Phi) is 14.9. The normalized spacial score (nSPS) is 10.8. The summed E-state index contributed by atoms with van der Waals surface area (Å²) in [6.45, 7) is 5.75. The molecule has 1 N–H and O–H groups in total. The van der Waals surface area contributed by atoms with Gasteiger partial charge < -0.3 is 19.3 Å². The van der Waals surface area contributed by atoms with E-state index >= 15 is 0 Å². The van der Waals surface area contributed by atoms with Crippen LogP contribution in [0, 0.1) is 0 Å². The maximum atomic E-state index is 10.2. The van der Waals surface area contributed by atoms with Crippen molar-refractivity contribution >= 4 is 5.97 Å². The zero-order valence-corrected chi connectivity index (χ0v) is 12.1. The fourth-order valence-corrected chi connectivity index (χ4v) is 1.50. The van der Waals surface area contributed by atoms with Crippen LogP contribution in [0.25, 0.3) is 0 Å². The Hall–Kier alpha value is -0.650. The van der Waals surface area contributed by atoms with Crippen molar-refractivity contribution in [2.45, 2.75) is 45.4 Å². The van der Waals surface area contributed by atoms with Gasteiger partial charge in [-0.2, -0.15) is 0 Å². The third-order valence-electron chi connectivity index (χ3n) is 2.57. The zero-order valence-electron chi connectivity index (χ0n) is 12.1. The lowest BCUT2D eigenvalue weighted by molar-refractivity contribution is -0.137. The van der Waals surface area contributed by atoms with Gasteiger partial charge >= 0.3 is 5.97 Å². The van der Waals surface area contributed by atoms with Crippen molar-refractivity contribution < 1.29 is 24.1 Å². The molecule has 0 saturated carbocycles. The molecular formula is C14H28O5. The molecule has 0 aromatic rings. The number of aliphatic carboxylic acids is 1. The first-order valence-electron chi connectivity index (χ1n) is 7.22. The Labute approximate surface area is 116 Å². The van der Waals surface area contributed by atoms with Gasteiger partial charge in [0, 0.05) is 19.6 Å². The molecule has 5 heteroatoms. The summed E-state index contributed by atoms with van der Waals surface area (Å²) in [6, 6.07) is 0. The lowest BCUT2D eigenvalue weighted by atomic mass is 10.2. The Morgan fingerprint density at radius 2 is 1.32 bits per heavy atom. The summed E-state index contributed by atoms with van der Waals surface area (Å²) in [4.78, 5) is 10.2. The summed E-state index contributed by atoms with van der Waals surface area (Å²) in [7, 11) is 0. The van der Waals surface area contributed by atoms with E-state index in [0.29, 0.717) is 39.5 Å². The predicted octanol–water partition coefficient (Wildman–Crippen LogP) is 2.48. The average molecular weight is 276 g/mol. The molecular weight excluding hydrogens is 248 g/mol. The van der Waals surface area contributed by atoms with Gasteiger partial charge in [-0.1, -0.05) is 26.2 Å². The molecule has 0 atom stereocenters. The number of carboxylic acids is 1. The fourth-order valence-electron chi connectivity index (χ4n) is 1.50. The van der Waals surface area contributed by atoms with E-state index in [1.807, 2.05) is 0 Å². The third-order valence-corrected chi connectivity index (χ3v) is 2.57. The van der Waals surface area contributed by atoms with E-state index in [0.717, 1.165) is 13.0 Å². The van der Waals surface area contributed by atoms with Crippen molar-refractivity contribution in [3.8, 4) is 0 Å². The highest BCUT2D eigenvalue weighted by Crippen LogP contribution is 1.98. The van der Waals surface area contributed by atoms with E-state index in [4.69, 9.17) is 19.3 Å². The summed E-state index contributed by atoms with van der Waals surface area (Å²) < 4.78 is 16.0. The molecule has 114 valence electrons. The SMILES string of the molecule is CCCCCCOCCOCCOCCCC(=O)O. The second kappa shape index (κ2) is 15.4. The van der Waals surface area contributed by atoms with Crippen LogP contribution >= 0.6 is 0 Å². The Morgan fingerprint density at radius 3 is 1.84 bits per heavy atom. The van der Waals surface area contributed by atoms with Crippen molar-refractivity contribution in [1.29, 1.82) is 0 Å². The van der Waals surface area contributed by atoms with Crippen molar-refractivity contribution in [3.63, 3.8) is 0 Å². The molecule has 0 spiro atoms. The van der Waals surface area contributed by atoms with Gasteiger partial charge in [0.25, 0.3) is 0 Å². The monoisotopic (exact) mass is 276 g/mol. The van der Waals surface area contributed by atoms with Gasteiger partial charge in [0.05, 0.1) is 26.4 Å². The summed E-state index contributed by atoms with van der Waals surface area (Å²) in [5.41, 5.74) is 0. The lowest BCUT2D eigenvalue weighted by Gasteiger charge is -2.06. The molecule has 0 aromatic heterocycles. The van der Waals surface area contributed by atoms with Crippen LogP contribution in [0.2, 0.25) is 0 Å². The van der Waals surface area contributed by atoms with Crippen molar-refractivity contribution in [1.82, 2.24) is 0 Å². The smallest absolute Gasteiger partial charge is 0.303 e. The summed E-state index contributed by atoms with van der Waals surface area (Å²) in [5.74, 6) is -0.782. The first-order valence-corrected chi connectivity index (χ1v) is 7.22. The molecule has 0 bridgehead atoms. The predicted molar refractivity (Wildman–Crippen MR) is 73.5 cm³/mol. The third kappa shape index (κ3) is 17.4. The van der Waals surface area contributed by atoms with Gasteiger partial charge in [-0.3, -0.25) is 4.79 Å². The molecule has 0 rings (SSSR count). The van der Waals surface area contributed by atoms with Crippen LogP contribution in [0.3, 0.4) is 0 Å². The summed E-state index contributed by atoms with van der Waals surface area (Å²) in [6.07, 6.45) is 5.60. The standard InChI is InChI=1S/C14H28O5/c1-2-3-4-5-8-17-10-12-19-13-11-18-9-6-7-14(15)16/h2-13H2,1H3,(H,15,16). The first-order chi connectivity index (χ1) is 9.27. The highest BCUT2D eigenvalue weighted by atomic mass is 16.5. The second-order valence-corrected chi connectivity index (χ2v) is 4.40. The molecule has 0 aliphatic heterocycles. The van der Waals surface area contributed by atoms with Gasteiger partial charge in [-0.25, -0.2) is 0 Å². The molecule has 0 aromatic carbocycles. The first kappa shape index (κ1) is 18.4. The highest BCUT2D eigenvalue weighted by molar-refractivity contribution is 5.66. The zero-order chi connectivity index (χ0) is 14.2. The van der Waals surface area contributed by atoms with E-state index in [2.05, 4.69) is 6.92 Å². The molecule has 19 heavy (non-hydrogen) atoms. The van der Waals surface area contributed by atoms with E-state index in [9.17, 15) is 4.79 Å². The van der Waals surface area contributed by atoms with Gasteiger partial charge in [0.1, 0.15) is 0 Å². The molecule has 0 aliphatic carbocycles. The van der Waals surface area contributed by atoms with Crippen LogP contribution in [0.1, 0.15) is 45.4 Å². The minimum absolute atomic E-state index is 0.159. The van der Waals surface area contributed by atoms with Crippen LogP contribution in [-0.2, 0) is 19.0 Å². The van der Waals surface area contributed by atoms with Gasteiger partial charge in [-0.05, 0) is 12.8 Å². The molecule has 0 fully saturated rings.